The van der Waals surface area contributed by atoms with Gasteiger partial charge in [-0.3, -0.25) is 9.13 Å². The van der Waals surface area contributed by atoms with Crippen molar-refractivity contribution in [3.8, 4) is 0 Å². The van der Waals surface area contributed by atoms with Crippen LogP contribution in [0.15, 0.2) is 17.2 Å². The second kappa shape index (κ2) is 4.56. The van der Waals surface area contributed by atoms with Gasteiger partial charge in [0.25, 0.3) is 0 Å². The van der Waals surface area contributed by atoms with Crippen LogP contribution in [0, 0.1) is 5.92 Å². The van der Waals surface area contributed by atoms with Crippen LogP contribution in [0.25, 0.3) is 0 Å². The largest absolute Gasteiger partial charge is 0.328 e. The van der Waals surface area contributed by atoms with E-state index < -0.39 is 0 Å². The summed E-state index contributed by atoms with van der Waals surface area (Å²) in [7, 11) is 0. The molecule has 1 aliphatic rings. The van der Waals surface area contributed by atoms with E-state index in [1.54, 1.807) is 0 Å². The zero-order valence-corrected chi connectivity index (χ0v) is 10.6. The molecular weight excluding hydrogens is 256 g/mol. The number of nitrogens with zero attached hydrogens (tertiary/aromatic N) is 2. The second-order valence-electron chi connectivity index (χ2n) is 4.30. The number of rotatable bonds is 5. The van der Waals surface area contributed by atoms with Crippen LogP contribution in [0.4, 0.5) is 0 Å². The first-order chi connectivity index (χ1) is 7.26. The molecule has 3 nitrogen and oxygen atoms in total. The Balaban J connectivity index is 2.11. The Morgan fingerprint density at radius 1 is 1.53 bits per heavy atom. The zero-order chi connectivity index (χ0) is 10.8. The van der Waals surface area contributed by atoms with E-state index in [0.29, 0.717) is 12.0 Å². The van der Waals surface area contributed by atoms with Crippen molar-refractivity contribution in [2.45, 2.75) is 38.8 Å². The van der Waals surface area contributed by atoms with Gasteiger partial charge in [0, 0.05) is 30.3 Å². The van der Waals surface area contributed by atoms with Gasteiger partial charge in [-0.05, 0) is 18.8 Å². The standard InChI is InChI=1S/C11H17BrN2O/c1-2-9(7-12)8-13-5-6-14(11(13)15)10-3-4-10/h5-6,9-10H,2-4,7-8H2,1H3. The van der Waals surface area contributed by atoms with E-state index in [1.807, 2.05) is 21.5 Å². The third-order valence-corrected chi connectivity index (χ3v) is 3.98. The first kappa shape index (κ1) is 11.0. The first-order valence-electron chi connectivity index (χ1n) is 5.59. The number of imidazole rings is 1. The minimum Gasteiger partial charge on any atom is -0.299 e. The van der Waals surface area contributed by atoms with Crippen molar-refractivity contribution < 1.29 is 0 Å². The van der Waals surface area contributed by atoms with E-state index in [9.17, 15) is 4.79 Å². The van der Waals surface area contributed by atoms with E-state index in [4.69, 9.17) is 0 Å². The van der Waals surface area contributed by atoms with E-state index in [2.05, 4.69) is 22.9 Å². The minimum absolute atomic E-state index is 0.164. The highest BCUT2D eigenvalue weighted by atomic mass is 79.9. The molecule has 0 N–H and O–H groups in total. The minimum atomic E-state index is 0.164. The fraction of sp³-hybridized carbons (Fsp3) is 0.727. The summed E-state index contributed by atoms with van der Waals surface area (Å²) in [5.41, 5.74) is 0.164. The summed E-state index contributed by atoms with van der Waals surface area (Å²) >= 11 is 3.48. The molecule has 0 spiro atoms. The Bertz CT molecular complexity index is 374. The number of aromatic nitrogens is 2. The molecule has 0 aromatic carbocycles. The topological polar surface area (TPSA) is 26.9 Å². The predicted molar refractivity (Wildman–Crippen MR) is 64.5 cm³/mol. The maximum Gasteiger partial charge on any atom is 0.328 e. The van der Waals surface area contributed by atoms with Crippen molar-refractivity contribution in [3.63, 3.8) is 0 Å². The van der Waals surface area contributed by atoms with Crippen molar-refractivity contribution in [3.05, 3.63) is 22.9 Å². The molecule has 0 radical (unpaired) electrons. The maximum atomic E-state index is 11.9. The molecule has 2 rings (SSSR count). The average Bonchev–Trinajstić information content (AvgIpc) is 3.02. The molecule has 0 amide bonds. The summed E-state index contributed by atoms with van der Waals surface area (Å²) in [6.07, 6.45) is 7.29. The maximum absolute atomic E-state index is 11.9. The van der Waals surface area contributed by atoms with Gasteiger partial charge in [-0.2, -0.15) is 0 Å². The van der Waals surface area contributed by atoms with Crippen LogP contribution in [0.5, 0.6) is 0 Å². The third-order valence-electron chi connectivity index (χ3n) is 3.06. The van der Waals surface area contributed by atoms with Gasteiger partial charge in [-0.1, -0.05) is 29.3 Å². The van der Waals surface area contributed by atoms with Gasteiger partial charge in [0.2, 0.25) is 0 Å². The van der Waals surface area contributed by atoms with Gasteiger partial charge in [0.15, 0.2) is 0 Å². The lowest BCUT2D eigenvalue weighted by atomic mass is 10.1. The average molecular weight is 273 g/mol. The van der Waals surface area contributed by atoms with Crippen molar-refractivity contribution in [2.75, 3.05) is 5.33 Å². The molecule has 4 heteroatoms. The smallest absolute Gasteiger partial charge is 0.299 e. The highest BCUT2D eigenvalue weighted by molar-refractivity contribution is 9.09. The van der Waals surface area contributed by atoms with Crippen molar-refractivity contribution in [1.29, 1.82) is 0 Å². The van der Waals surface area contributed by atoms with E-state index in [1.165, 1.54) is 12.8 Å². The Kier molecular flexibility index (Phi) is 3.34. The van der Waals surface area contributed by atoms with Crippen LogP contribution < -0.4 is 5.69 Å². The SMILES string of the molecule is CCC(CBr)Cn1ccn(C2CC2)c1=O. The Hall–Kier alpha value is -0.510. The molecule has 1 atom stereocenters. The van der Waals surface area contributed by atoms with Gasteiger partial charge in [0.05, 0.1) is 0 Å². The molecule has 1 aromatic rings. The van der Waals surface area contributed by atoms with E-state index >= 15 is 0 Å². The normalized spacial score (nSPS) is 18.0. The van der Waals surface area contributed by atoms with Crippen molar-refractivity contribution >= 4 is 15.9 Å². The molecule has 0 saturated heterocycles. The van der Waals surface area contributed by atoms with Gasteiger partial charge in [0.1, 0.15) is 0 Å². The molecule has 1 unspecified atom stereocenters. The summed E-state index contributed by atoms with van der Waals surface area (Å²) in [6.45, 7) is 3.00. The summed E-state index contributed by atoms with van der Waals surface area (Å²) in [5.74, 6) is 0.553. The molecule has 1 heterocycles. The van der Waals surface area contributed by atoms with Gasteiger partial charge in [-0.15, -0.1) is 0 Å². The summed E-state index contributed by atoms with van der Waals surface area (Å²) in [4.78, 5) is 11.9. The number of alkyl halides is 1. The fourth-order valence-corrected chi connectivity index (χ4v) is 2.43. The highest BCUT2D eigenvalue weighted by Crippen LogP contribution is 2.33. The number of hydrogen-bond acceptors (Lipinski definition) is 1. The van der Waals surface area contributed by atoms with Crippen LogP contribution in [0.3, 0.4) is 0 Å². The molecule has 0 bridgehead atoms. The third kappa shape index (κ3) is 2.36. The number of hydrogen-bond donors (Lipinski definition) is 0. The molecule has 84 valence electrons. The van der Waals surface area contributed by atoms with E-state index in [-0.39, 0.29) is 5.69 Å². The molecule has 0 aliphatic heterocycles. The van der Waals surface area contributed by atoms with Gasteiger partial charge >= 0.3 is 5.69 Å². The first-order valence-corrected chi connectivity index (χ1v) is 6.71. The van der Waals surface area contributed by atoms with Crippen molar-refractivity contribution in [2.24, 2.45) is 5.92 Å². The molecule has 1 saturated carbocycles. The molecule has 1 aromatic heterocycles. The van der Waals surface area contributed by atoms with Crippen LogP contribution in [-0.4, -0.2) is 14.5 Å². The van der Waals surface area contributed by atoms with Crippen molar-refractivity contribution in [1.82, 2.24) is 9.13 Å². The molecule has 1 fully saturated rings. The highest BCUT2D eigenvalue weighted by Gasteiger charge is 2.25. The van der Waals surface area contributed by atoms with E-state index in [0.717, 1.165) is 18.3 Å². The Labute approximate surface area is 98.2 Å². The van der Waals surface area contributed by atoms with Gasteiger partial charge < -0.3 is 0 Å². The Morgan fingerprint density at radius 3 is 2.80 bits per heavy atom. The molecule has 15 heavy (non-hydrogen) atoms. The predicted octanol–water partition coefficient (Wildman–Crippen LogP) is 2.41. The lowest BCUT2D eigenvalue weighted by Crippen LogP contribution is -2.26. The number of halogens is 1. The second-order valence-corrected chi connectivity index (χ2v) is 4.95. The summed E-state index contributed by atoms with van der Waals surface area (Å²) in [6, 6.07) is 0.489. The summed E-state index contributed by atoms with van der Waals surface area (Å²) in [5, 5.41) is 0.963. The Morgan fingerprint density at radius 2 is 2.27 bits per heavy atom. The van der Waals surface area contributed by atoms with Crippen LogP contribution in [0.1, 0.15) is 32.2 Å². The van der Waals surface area contributed by atoms with Gasteiger partial charge in [-0.25, -0.2) is 4.79 Å². The van der Waals surface area contributed by atoms with Crippen LogP contribution >= 0.6 is 15.9 Å². The molecule has 1 aliphatic carbocycles. The monoisotopic (exact) mass is 272 g/mol. The lowest BCUT2D eigenvalue weighted by molar-refractivity contribution is 0.463. The quantitative estimate of drug-likeness (QED) is 0.757. The summed E-state index contributed by atoms with van der Waals surface area (Å²) < 4.78 is 3.72. The molecular formula is C11H17BrN2O. The lowest BCUT2D eigenvalue weighted by Gasteiger charge is -2.10. The zero-order valence-electron chi connectivity index (χ0n) is 9.03. The van der Waals surface area contributed by atoms with Crippen LogP contribution in [0.2, 0.25) is 0 Å². The van der Waals surface area contributed by atoms with Crippen LogP contribution in [-0.2, 0) is 6.54 Å². The fourth-order valence-electron chi connectivity index (χ4n) is 1.76.